The number of amides is 1. The number of benzene rings is 1. The molecule has 0 bridgehead atoms. The van der Waals surface area contributed by atoms with Gasteiger partial charge in [-0.3, -0.25) is 14.4 Å². The third-order valence-corrected chi connectivity index (χ3v) is 4.19. The lowest BCUT2D eigenvalue weighted by molar-refractivity contribution is 0.0215. The minimum absolute atomic E-state index is 0.0146. The Bertz CT molecular complexity index is 837. The monoisotopic (exact) mass is 371 g/mol. The van der Waals surface area contributed by atoms with Crippen LogP contribution in [0.25, 0.3) is 0 Å². The minimum Gasteiger partial charge on any atom is -0.444 e. The van der Waals surface area contributed by atoms with Gasteiger partial charge in [0.15, 0.2) is 5.78 Å². The molecule has 7 nitrogen and oxygen atoms in total. The van der Waals surface area contributed by atoms with E-state index in [1.165, 1.54) is 4.90 Å². The first kappa shape index (κ1) is 19.1. The van der Waals surface area contributed by atoms with Crippen LogP contribution in [0.1, 0.15) is 48.1 Å². The van der Waals surface area contributed by atoms with E-state index in [0.717, 1.165) is 5.56 Å². The van der Waals surface area contributed by atoms with Gasteiger partial charge in [-0.15, -0.1) is 0 Å². The quantitative estimate of drug-likeness (QED) is 0.826. The normalized spacial score (nSPS) is 14.2. The molecular formula is C20H25N3O4. The summed E-state index contributed by atoms with van der Waals surface area (Å²) >= 11 is 0. The number of hydrogen-bond acceptors (Lipinski definition) is 5. The van der Waals surface area contributed by atoms with Crippen LogP contribution >= 0.6 is 0 Å². The lowest BCUT2D eigenvalue weighted by atomic mass is 10.0. The van der Waals surface area contributed by atoms with Gasteiger partial charge in [0.1, 0.15) is 5.60 Å². The Morgan fingerprint density at radius 3 is 2.52 bits per heavy atom. The highest BCUT2D eigenvalue weighted by Crippen LogP contribution is 2.24. The summed E-state index contributed by atoms with van der Waals surface area (Å²) in [5.74, 6) is -0.145. The maximum Gasteiger partial charge on any atom is 0.411 e. The highest BCUT2D eigenvalue weighted by Gasteiger charge is 2.34. The van der Waals surface area contributed by atoms with Crippen LogP contribution < -0.4 is 0 Å². The van der Waals surface area contributed by atoms with Crippen molar-refractivity contribution in [2.45, 2.75) is 46.1 Å². The number of aromatic nitrogens is 2. The van der Waals surface area contributed by atoms with Crippen molar-refractivity contribution >= 4 is 11.9 Å². The second kappa shape index (κ2) is 7.52. The van der Waals surface area contributed by atoms with Gasteiger partial charge in [-0.1, -0.05) is 30.3 Å². The average molecular weight is 371 g/mol. The molecule has 2 aromatic rings. The van der Waals surface area contributed by atoms with Gasteiger partial charge in [-0.25, -0.2) is 4.79 Å². The van der Waals surface area contributed by atoms with Gasteiger partial charge in [-0.2, -0.15) is 5.10 Å². The highest BCUT2D eigenvalue weighted by molar-refractivity contribution is 6.02. The molecule has 1 aliphatic heterocycles. The number of carbonyl (C=O) groups excluding carboxylic acids is 2. The van der Waals surface area contributed by atoms with E-state index in [2.05, 4.69) is 5.10 Å². The highest BCUT2D eigenvalue weighted by atomic mass is 16.6. The average Bonchev–Trinajstić information content (AvgIpc) is 2.91. The lowest BCUT2D eigenvalue weighted by Crippen LogP contribution is -2.42. The van der Waals surface area contributed by atoms with Crippen LogP contribution in [0, 0.1) is 0 Å². The van der Waals surface area contributed by atoms with Crippen LogP contribution in [-0.2, 0) is 36.3 Å². The van der Waals surface area contributed by atoms with Crippen molar-refractivity contribution in [2.75, 3.05) is 6.54 Å². The molecule has 0 radical (unpaired) electrons. The van der Waals surface area contributed by atoms with E-state index in [1.807, 2.05) is 30.3 Å². The molecular weight excluding hydrogens is 346 g/mol. The molecule has 1 aromatic carbocycles. The predicted molar refractivity (Wildman–Crippen MR) is 99.1 cm³/mol. The summed E-state index contributed by atoms with van der Waals surface area (Å²) in [6, 6.07) is 9.83. The smallest absolute Gasteiger partial charge is 0.411 e. The van der Waals surface area contributed by atoms with Gasteiger partial charge in [0.05, 0.1) is 43.3 Å². The van der Waals surface area contributed by atoms with Crippen molar-refractivity contribution < 1.29 is 19.1 Å². The molecule has 1 amide bonds. The summed E-state index contributed by atoms with van der Waals surface area (Å²) < 4.78 is 12.8. The zero-order chi connectivity index (χ0) is 19.6. The van der Waals surface area contributed by atoms with E-state index in [1.54, 1.807) is 32.5 Å². The number of ether oxygens (including phenoxy) is 2. The van der Waals surface area contributed by atoms with Gasteiger partial charge < -0.3 is 9.47 Å². The summed E-state index contributed by atoms with van der Waals surface area (Å²) in [4.78, 5) is 26.4. The molecule has 0 aliphatic carbocycles. The van der Waals surface area contributed by atoms with Crippen molar-refractivity contribution in [1.82, 2.24) is 14.7 Å². The number of nitrogens with zero attached hydrogens (tertiary/aromatic N) is 3. The maximum absolute atomic E-state index is 12.7. The fourth-order valence-corrected chi connectivity index (χ4v) is 3.01. The van der Waals surface area contributed by atoms with E-state index in [9.17, 15) is 9.59 Å². The number of rotatable bonds is 4. The number of carbonyl (C=O) groups is 2. The first-order chi connectivity index (χ1) is 12.7. The predicted octanol–water partition coefficient (Wildman–Crippen LogP) is 3.07. The van der Waals surface area contributed by atoms with Crippen LogP contribution in [-0.4, -0.2) is 38.7 Å². The Balaban J connectivity index is 1.70. The third kappa shape index (κ3) is 4.54. The van der Waals surface area contributed by atoms with Gasteiger partial charge in [0, 0.05) is 7.05 Å². The van der Waals surface area contributed by atoms with Crippen molar-refractivity contribution in [1.29, 1.82) is 0 Å². The van der Waals surface area contributed by atoms with Gasteiger partial charge in [0.25, 0.3) is 0 Å². The van der Waals surface area contributed by atoms with Crippen LogP contribution in [0.4, 0.5) is 4.79 Å². The molecule has 3 rings (SSSR count). The molecule has 2 heterocycles. The molecule has 1 aromatic heterocycles. The molecule has 0 saturated heterocycles. The first-order valence-corrected chi connectivity index (χ1v) is 8.92. The molecule has 0 atom stereocenters. The van der Waals surface area contributed by atoms with Crippen LogP contribution in [0.15, 0.2) is 30.3 Å². The van der Waals surface area contributed by atoms with Crippen LogP contribution in [0.5, 0.6) is 0 Å². The van der Waals surface area contributed by atoms with E-state index < -0.39 is 11.7 Å². The molecule has 7 heteroatoms. The number of fused-ring (bicyclic) bond motifs is 1. The van der Waals surface area contributed by atoms with Crippen molar-refractivity contribution in [2.24, 2.45) is 7.05 Å². The second-order valence-electron chi connectivity index (χ2n) is 7.63. The SMILES string of the molecule is Cn1nc(COCc2ccccc2)c2c1CN(C(=O)OC(C)(C)C)CC2=O. The number of hydrogen-bond donors (Lipinski definition) is 0. The first-order valence-electron chi connectivity index (χ1n) is 8.92. The minimum atomic E-state index is -0.608. The van der Waals surface area contributed by atoms with Crippen molar-refractivity contribution in [3.63, 3.8) is 0 Å². The Labute approximate surface area is 158 Å². The topological polar surface area (TPSA) is 73.7 Å². The second-order valence-corrected chi connectivity index (χ2v) is 7.63. The zero-order valence-corrected chi connectivity index (χ0v) is 16.2. The standard InChI is InChI=1S/C20H25N3O4/c1-20(2,3)27-19(25)23-10-16-18(17(24)11-23)15(21-22(16)4)13-26-12-14-8-6-5-7-9-14/h5-9H,10-13H2,1-4H3. The number of ketones is 1. The van der Waals surface area contributed by atoms with Crippen LogP contribution in [0.2, 0.25) is 0 Å². The maximum atomic E-state index is 12.7. The molecule has 144 valence electrons. The summed E-state index contributed by atoms with van der Waals surface area (Å²) in [5, 5.41) is 4.43. The van der Waals surface area contributed by atoms with Crippen LogP contribution in [0.3, 0.4) is 0 Å². The Morgan fingerprint density at radius 2 is 1.85 bits per heavy atom. The van der Waals surface area contributed by atoms with E-state index in [-0.39, 0.29) is 25.5 Å². The molecule has 27 heavy (non-hydrogen) atoms. The largest absolute Gasteiger partial charge is 0.444 e. The zero-order valence-electron chi connectivity index (χ0n) is 16.2. The Morgan fingerprint density at radius 1 is 1.15 bits per heavy atom. The van der Waals surface area contributed by atoms with E-state index in [0.29, 0.717) is 23.6 Å². The summed E-state index contributed by atoms with van der Waals surface area (Å²) in [6.07, 6.45) is -0.496. The molecule has 0 N–H and O–H groups in total. The number of Topliss-reactive ketones (excluding diaryl/α,β-unsaturated/α-hetero) is 1. The van der Waals surface area contributed by atoms with E-state index in [4.69, 9.17) is 9.47 Å². The van der Waals surface area contributed by atoms with Crippen molar-refractivity contribution in [3.05, 3.63) is 52.8 Å². The molecule has 0 fully saturated rings. The third-order valence-electron chi connectivity index (χ3n) is 4.19. The molecule has 1 aliphatic rings. The fourth-order valence-electron chi connectivity index (χ4n) is 3.01. The van der Waals surface area contributed by atoms with Gasteiger partial charge >= 0.3 is 6.09 Å². The Hall–Kier alpha value is -2.67. The number of aryl methyl sites for hydroxylation is 1. The fraction of sp³-hybridized carbons (Fsp3) is 0.450. The summed E-state index contributed by atoms with van der Waals surface area (Å²) in [5.41, 5.74) is 2.33. The molecule has 0 unspecified atom stereocenters. The summed E-state index contributed by atoms with van der Waals surface area (Å²) in [6.45, 7) is 6.37. The lowest BCUT2D eigenvalue weighted by Gasteiger charge is -2.29. The van der Waals surface area contributed by atoms with Crippen molar-refractivity contribution in [3.8, 4) is 0 Å². The molecule has 0 saturated carbocycles. The summed E-state index contributed by atoms with van der Waals surface area (Å²) in [7, 11) is 1.77. The Kier molecular flexibility index (Phi) is 5.32. The molecule has 0 spiro atoms. The van der Waals surface area contributed by atoms with Gasteiger partial charge in [-0.05, 0) is 26.3 Å². The van der Waals surface area contributed by atoms with Gasteiger partial charge in [0.2, 0.25) is 0 Å². The van der Waals surface area contributed by atoms with E-state index >= 15 is 0 Å².